The molecule has 0 aliphatic carbocycles. The predicted molar refractivity (Wildman–Crippen MR) is 190 cm³/mol. The Morgan fingerprint density at radius 3 is 2.29 bits per heavy atom. The number of nitrogens with zero attached hydrogens (tertiary/aromatic N) is 2. The number of rotatable bonds is 11. The molecule has 0 aliphatic rings. The van der Waals surface area contributed by atoms with Gasteiger partial charge in [-0.2, -0.15) is 5.10 Å². The molecular formula is C38H47F2N5. The molecule has 0 fully saturated rings. The summed E-state index contributed by atoms with van der Waals surface area (Å²) < 4.78 is 30.5. The molecule has 0 spiro atoms. The number of pyridine rings is 1. The number of hydrogen-bond acceptors (Lipinski definition) is 4. The molecule has 0 amide bonds. The zero-order valence-corrected chi connectivity index (χ0v) is 28.0. The molecule has 0 atom stereocenters. The van der Waals surface area contributed by atoms with Crippen LogP contribution < -0.4 is 10.6 Å². The molecule has 1 aromatic carbocycles. The summed E-state index contributed by atoms with van der Waals surface area (Å²) in [5.74, 6) is -0.746. The van der Waals surface area contributed by atoms with E-state index in [1.165, 1.54) is 18.3 Å². The van der Waals surface area contributed by atoms with E-state index in [-0.39, 0.29) is 16.9 Å². The van der Waals surface area contributed by atoms with Gasteiger partial charge in [-0.05, 0) is 93.3 Å². The van der Waals surface area contributed by atoms with E-state index in [0.717, 1.165) is 39.1 Å². The smallest absolute Gasteiger partial charge is 0.184 e. The second kappa shape index (κ2) is 19.4. The minimum Gasteiger partial charge on any atom is -0.358 e. The third kappa shape index (κ3) is 10.1. The van der Waals surface area contributed by atoms with Crippen molar-refractivity contribution in [3.8, 4) is 0 Å². The van der Waals surface area contributed by atoms with E-state index >= 15 is 4.39 Å². The number of allylic oxidation sites excluding steroid dienone is 11. The Hall–Kier alpha value is -4.84. The van der Waals surface area contributed by atoms with Crippen LogP contribution in [0.15, 0.2) is 110 Å². The second-order valence-corrected chi connectivity index (χ2v) is 9.66. The van der Waals surface area contributed by atoms with Crippen LogP contribution in [0.2, 0.25) is 0 Å². The van der Waals surface area contributed by atoms with E-state index in [4.69, 9.17) is 0 Å². The quantitative estimate of drug-likeness (QED) is 0.149. The number of hydrogen-bond donors (Lipinski definition) is 3. The number of benzene rings is 1. The molecule has 3 aromatic rings. The third-order valence-electron chi connectivity index (χ3n) is 6.60. The van der Waals surface area contributed by atoms with E-state index in [2.05, 4.69) is 57.9 Å². The summed E-state index contributed by atoms with van der Waals surface area (Å²) in [5, 5.41) is 13.7. The standard InChI is InChI=1S/C33H37F2N5.C3H4.C2H6/c1-9-12-14-28(25-15-24(18-36-8)16-26(34)17-25)21(5)22(6)38-23(7)32-30-31(35)29(19-37-33(30)40-39-32)27(11-3)20(4)13-10-2;1-3-2;1-2/h9-17,19,36,38H,2,7,18H2,1,3-6,8H3,(H,37,39,40);1-2H2;1-2H3/b12-9-,20-13-,22-21+,27-11+,28-14+;;. The number of H-pyrrole nitrogens is 1. The third-order valence-corrected chi connectivity index (χ3v) is 6.60. The highest BCUT2D eigenvalue weighted by atomic mass is 19.1. The molecule has 3 N–H and O–H groups in total. The van der Waals surface area contributed by atoms with Gasteiger partial charge in [0.1, 0.15) is 11.6 Å². The first kappa shape index (κ1) is 38.2. The van der Waals surface area contributed by atoms with E-state index in [1.54, 1.807) is 6.08 Å². The second-order valence-electron chi connectivity index (χ2n) is 9.66. The van der Waals surface area contributed by atoms with Crippen LogP contribution in [-0.4, -0.2) is 22.2 Å². The van der Waals surface area contributed by atoms with E-state index in [9.17, 15) is 4.39 Å². The van der Waals surface area contributed by atoms with Crippen molar-refractivity contribution in [2.75, 3.05) is 7.05 Å². The zero-order valence-electron chi connectivity index (χ0n) is 28.0. The SMILES string of the molecule is C=C/C=C(C)\C(=C/C)c1cnc2n[nH]c(C(=C)N/C(C)=C(C)/C(=C\C=C/C)c3cc(F)cc(CNC)c3)c2c1F.C=C=C.CC. The Balaban J connectivity index is 0.00000191. The van der Waals surface area contributed by atoms with Gasteiger partial charge in [0.25, 0.3) is 0 Å². The molecule has 2 aromatic heterocycles. The van der Waals surface area contributed by atoms with Crippen LogP contribution in [0, 0.1) is 11.6 Å². The summed E-state index contributed by atoms with van der Waals surface area (Å²) in [6.07, 6.45) is 12.6. The maximum atomic E-state index is 16.0. The summed E-state index contributed by atoms with van der Waals surface area (Å²) in [4.78, 5) is 4.39. The lowest BCUT2D eigenvalue weighted by molar-refractivity contribution is 0.623. The molecule has 45 heavy (non-hydrogen) atoms. The van der Waals surface area contributed by atoms with Crippen molar-refractivity contribution in [2.45, 2.75) is 55.0 Å². The van der Waals surface area contributed by atoms with Crippen molar-refractivity contribution in [1.82, 2.24) is 25.8 Å². The van der Waals surface area contributed by atoms with Crippen LogP contribution in [0.4, 0.5) is 8.78 Å². The highest BCUT2D eigenvalue weighted by molar-refractivity contribution is 5.92. The summed E-state index contributed by atoms with van der Waals surface area (Å²) in [7, 11) is 1.82. The Kier molecular flexibility index (Phi) is 16.5. The summed E-state index contributed by atoms with van der Waals surface area (Å²) in [6.45, 7) is 28.2. The van der Waals surface area contributed by atoms with E-state index < -0.39 is 5.82 Å². The van der Waals surface area contributed by atoms with Gasteiger partial charge < -0.3 is 10.6 Å². The first-order valence-electron chi connectivity index (χ1n) is 14.8. The normalized spacial score (nSPS) is 12.4. The number of fused-ring (bicyclic) bond motifs is 1. The summed E-state index contributed by atoms with van der Waals surface area (Å²) >= 11 is 0. The Labute approximate surface area is 268 Å². The minimum atomic E-state index is -0.439. The van der Waals surface area contributed by atoms with Crippen molar-refractivity contribution in [1.29, 1.82) is 0 Å². The van der Waals surface area contributed by atoms with Gasteiger partial charge in [-0.1, -0.05) is 76.6 Å². The number of aromatic amines is 1. The molecule has 2 heterocycles. The van der Waals surface area contributed by atoms with Crippen LogP contribution in [-0.2, 0) is 6.54 Å². The highest BCUT2D eigenvalue weighted by Gasteiger charge is 2.20. The lowest BCUT2D eigenvalue weighted by Crippen LogP contribution is -2.12. The first-order valence-corrected chi connectivity index (χ1v) is 14.8. The average molecular weight is 612 g/mol. The van der Waals surface area contributed by atoms with Crippen molar-refractivity contribution in [3.05, 3.63) is 144 Å². The maximum Gasteiger partial charge on any atom is 0.184 e. The van der Waals surface area contributed by atoms with Gasteiger partial charge in [-0.25, -0.2) is 13.8 Å². The number of nitrogens with one attached hydrogen (secondary N) is 3. The van der Waals surface area contributed by atoms with Gasteiger partial charge in [0.2, 0.25) is 0 Å². The molecule has 0 unspecified atom stereocenters. The molecule has 5 nitrogen and oxygen atoms in total. The predicted octanol–water partition coefficient (Wildman–Crippen LogP) is 9.99. The van der Waals surface area contributed by atoms with E-state index in [1.807, 2.05) is 92.0 Å². The lowest BCUT2D eigenvalue weighted by atomic mass is 9.95. The van der Waals surface area contributed by atoms with Crippen LogP contribution in [0.3, 0.4) is 0 Å². The van der Waals surface area contributed by atoms with Crippen molar-refractivity contribution < 1.29 is 8.78 Å². The van der Waals surface area contributed by atoms with Crippen molar-refractivity contribution >= 4 is 27.9 Å². The molecule has 0 saturated heterocycles. The molecule has 0 saturated carbocycles. The van der Waals surface area contributed by atoms with Gasteiger partial charge in [-0.15, -0.1) is 5.73 Å². The van der Waals surface area contributed by atoms with Crippen LogP contribution in [0.1, 0.15) is 70.9 Å². The fourth-order valence-electron chi connectivity index (χ4n) is 4.55. The van der Waals surface area contributed by atoms with Gasteiger partial charge in [0.05, 0.1) is 16.8 Å². The monoisotopic (exact) mass is 611 g/mol. The minimum absolute atomic E-state index is 0.248. The largest absolute Gasteiger partial charge is 0.358 e. The van der Waals surface area contributed by atoms with Gasteiger partial charge >= 0.3 is 0 Å². The highest BCUT2D eigenvalue weighted by Crippen LogP contribution is 2.32. The van der Waals surface area contributed by atoms with Crippen molar-refractivity contribution in [3.63, 3.8) is 0 Å². The molecule has 0 radical (unpaired) electrons. The Morgan fingerprint density at radius 1 is 1.04 bits per heavy atom. The maximum absolute atomic E-state index is 16.0. The summed E-state index contributed by atoms with van der Waals surface area (Å²) in [5.41, 5.74) is 9.37. The molecular weight excluding hydrogens is 564 g/mol. The fourth-order valence-corrected chi connectivity index (χ4v) is 4.55. The van der Waals surface area contributed by atoms with Gasteiger partial charge in [0.15, 0.2) is 5.65 Å². The van der Waals surface area contributed by atoms with Crippen molar-refractivity contribution in [2.24, 2.45) is 0 Å². The molecule has 238 valence electrons. The van der Waals surface area contributed by atoms with E-state index in [0.29, 0.717) is 23.5 Å². The van der Waals surface area contributed by atoms with Crippen LogP contribution >= 0.6 is 0 Å². The average Bonchev–Trinajstić information content (AvgIpc) is 3.45. The topological polar surface area (TPSA) is 65.6 Å². The zero-order chi connectivity index (χ0) is 34.1. The van der Waals surface area contributed by atoms with Gasteiger partial charge in [-0.3, -0.25) is 5.10 Å². The first-order chi connectivity index (χ1) is 21.6. The fraction of sp³-hybridized carbons (Fsp3) is 0.237. The van der Waals surface area contributed by atoms with Crippen LogP contribution in [0.5, 0.6) is 0 Å². The van der Waals surface area contributed by atoms with Gasteiger partial charge in [0, 0.05) is 24.0 Å². The molecule has 0 bridgehead atoms. The number of aromatic nitrogens is 3. The Bertz CT molecular complexity index is 1670. The molecule has 3 rings (SSSR count). The number of halogens is 2. The lowest BCUT2D eigenvalue weighted by Gasteiger charge is -2.17. The van der Waals surface area contributed by atoms with Crippen LogP contribution in [0.25, 0.3) is 27.9 Å². The summed E-state index contributed by atoms with van der Waals surface area (Å²) in [6, 6.07) is 5.01. The molecule has 7 heteroatoms. The Morgan fingerprint density at radius 2 is 1.71 bits per heavy atom. The molecule has 0 aliphatic heterocycles.